The number of aromatic nitrogens is 2. The van der Waals surface area contributed by atoms with E-state index in [2.05, 4.69) is 22.2 Å². The van der Waals surface area contributed by atoms with Crippen LogP contribution in [0, 0.1) is 0 Å². The lowest BCUT2D eigenvalue weighted by molar-refractivity contribution is 0.0935. The van der Waals surface area contributed by atoms with Gasteiger partial charge in [0.15, 0.2) is 0 Å². The van der Waals surface area contributed by atoms with Crippen LogP contribution >= 0.6 is 22.9 Å². The fourth-order valence-corrected chi connectivity index (χ4v) is 3.05. The number of nitrogens with zero attached hydrogens (tertiary/aromatic N) is 2. The van der Waals surface area contributed by atoms with Crippen LogP contribution in [0.5, 0.6) is 0 Å². The largest absolute Gasteiger partial charge is 0.343 e. The summed E-state index contributed by atoms with van der Waals surface area (Å²) in [5, 5.41) is 6.19. The molecule has 21 heavy (non-hydrogen) atoms. The molecule has 0 aliphatic heterocycles. The van der Waals surface area contributed by atoms with Crippen molar-refractivity contribution in [2.24, 2.45) is 0 Å². The zero-order valence-electron chi connectivity index (χ0n) is 12.1. The Labute approximate surface area is 133 Å². The number of amides is 1. The minimum Gasteiger partial charge on any atom is -0.343 e. The van der Waals surface area contributed by atoms with E-state index in [9.17, 15) is 4.79 Å². The van der Waals surface area contributed by atoms with Crippen LogP contribution in [0.3, 0.4) is 0 Å². The van der Waals surface area contributed by atoms with Crippen LogP contribution in [0.25, 0.3) is 0 Å². The summed E-state index contributed by atoms with van der Waals surface area (Å²) in [5.41, 5.74) is 1.39. The van der Waals surface area contributed by atoms with Gasteiger partial charge in [0.05, 0.1) is 6.04 Å². The zero-order valence-corrected chi connectivity index (χ0v) is 13.7. The van der Waals surface area contributed by atoms with Gasteiger partial charge in [0.25, 0.3) is 5.91 Å². The molecule has 0 radical (unpaired) electrons. The van der Waals surface area contributed by atoms with Gasteiger partial charge >= 0.3 is 0 Å². The molecular weight excluding hydrogens is 306 g/mol. The van der Waals surface area contributed by atoms with E-state index in [0.717, 1.165) is 30.0 Å². The highest BCUT2D eigenvalue weighted by molar-refractivity contribution is 7.09. The molecule has 2 rings (SSSR count). The molecule has 1 atom stereocenters. The number of rotatable bonds is 6. The first kappa shape index (κ1) is 15.9. The fraction of sp³-hybridized carbons (Fsp3) is 0.400. The Bertz CT molecular complexity index is 601. The molecule has 0 aliphatic carbocycles. The summed E-state index contributed by atoms with van der Waals surface area (Å²) in [4.78, 5) is 20.9. The lowest BCUT2D eigenvalue weighted by atomic mass is 10.1. The van der Waals surface area contributed by atoms with E-state index in [1.165, 1.54) is 0 Å². The number of carbonyl (C=O) groups excluding carboxylic acids is 1. The maximum Gasteiger partial charge on any atom is 0.252 e. The standard InChI is InChI=1S/C15H18ClN3OS/c1-3-5-11-8-10(9-13(16)18-11)14(20)19-12(4-2)15-17-6-7-21-15/h6-9,12H,3-5H2,1-2H3,(H,19,20). The van der Waals surface area contributed by atoms with Gasteiger partial charge in [-0.3, -0.25) is 4.79 Å². The predicted molar refractivity (Wildman–Crippen MR) is 85.9 cm³/mol. The zero-order chi connectivity index (χ0) is 15.2. The molecule has 4 nitrogen and oxygen atoms in total. The average Bonchev–Trinajstić information content (AvgIpc) is 2.98. The molecule has 0 saturated carbocycles. The van der Waals surface area contributed by atoms with Crippen molar-refractivity contribution in [3.8, 4) is 0 Å². The van der Waals surface area contributed by atoms with Crippen LogP contribution in [0.4, 0.5) is 0 Å². The second-order valence-corrected chi connectivity index (χ2v) is 6.04. The van der Waals surface area contributed by atoms with E-state index < -0.39 is 0 Å². The third kappa shape index (κ3) is 4.25. The number of halogens is 1. The average molecular weight is 324 g/mol. The molecule has 0 saturated heterocycles. The van der Waals surface area contributed by atoms with Crippen molar-refractivity contribution in [3.05, 3.63) is 45.1 Å². The number of hydrogen-bond donors (Lipinski definition) is 1. The smallest absolute Gasteiger partial charge is 0.252 e. The lowest BCUT2D eigenvalue weighted by Crippen LogP contribution is -2.28. The van der Waals surface area contributed by atoms with Crippen LogP contribution < -0.4 is 5.32 Å². The molecule has 2 heterocycles. The fourth-order valence-electron chi connectivity index (χ4n) is 2.05. The first-order chi connectivity index (χ1) is 10.1. The summed E-state index contributed by atoms with van der Waals surface area (Å²) in [6.45, 7) is 4.09. The van der Waals surface area contributed by atoms with Crippen molar-refractivity contribution in [1.82, 2.24) is 15.3 Å². The van der Waals surface area contributed by atoms with Gasteiger partial charge in [-0.2, -0.15) is 0 Å². The van der Waals surface area contributed by atoms with E-state index in [0.29, 0.717) is 10.7 Å². The van der Waals surface area contributed by atoms with Gasteiger partial charge in [0, 0.05) is 22.8 Å². The van der Waals surface area contributed by atoms with Crippen LogP contribution in [-0.4, -0.2) is 15.9 Å². The molecule has 0 fully saturated rings. The summed E-state index contributed by atoms with van der Waals surface area (Å²) in [6, 6.07) is 3.34. The van der Waals surface area contributed by atoms with Crippen molar-refractivity contribution in [1.29, 1.82) is 0 Å². The predicted octanol–water partition coefficient (Wildman–Crippen LogP) is 4.03. The van der Waals surface area contributed by atoms with Crippen LogP contribution in [0.1, 0.15) is 53.8 Å². The Kier molecular flexibility index (Phi) is 5.70. The molecule has 1 unspecified atom stereocenters. The summed E-state index contributed by atoms with van der Waals surface area (Å²) in [5.74, 6) is -0.140. The van der Waals surface area contributed by atoms with E-state index >= 15 is 0 Å². The maximum absolute atomic E-state index is 12.4. The van der Waals surface area contributed by atoms with Gasteiger partial charge in [-0.15, -0.1) is 11.3 Å². The summed E-state index contributed by atoms with van der Waals surface area (Å²) < 4.78 is 0. The minimum absolute atomic E-state index is 0.0703. The molecule has 0 aliphatic rings. The third-order valence-electron chi connectivity index (χ3n) is 3.08. The molecule has 0 spiro atoms. The number of carbonyl (C=O) groups is 1. The molecule has 112 valence electrons. The first-order valence-corrected chi connectivity index (χ1v) is 8.26. The Morgan fingerprint density at radius 3 is 2.86 bits per heavy atom. The van der Waals surface area contributed by atoms with Crippen molar-refractivity contribution < 1.29 is 4.79 Å². The molecule has 6 heteroatoms. The number of hydrogen-bond acceptors (Lipinski definition) is 4. The Morgan fingerprint density at radius 2 is 2.24 bits per heavy atom. The quantitative estimate of drug-likeness (QED) is 0.817. The van der Waals surface area contributed by atoms with Crippen molar-refractivity contribution in [3.63, 3.8) is 0 Å². The molecular formula is C15H18ClN3OS. The first-order valence-electron chi connectivity index (χ1n) is 7.00. The second kappa shape index (κ2) is 7.52. The van der Waals surface area contributed by atoms with E-state index in [-0.39, 0.29) is 11.9 Å². The molecule has 2 aromatic rings. The summed E-state index contributed by atoms with van der Waals surface area (Å²) in [7, 11) is 0. The van der Waals surface area contributed by atoms with Gasteiger partial charge in [-0.05, 0) is 25.0 Å². The Balaban J connectivity index is 2.15. The van der Waals surface area contributed by atoms with Crippen LogP contribution in [0.2, 0.25) is 5.15 Å². The van der Waals surface area contributed by atoms with Crippen molar-refractivity contribution in [2.45, 2.75) is 39.2 Å². The van der Waals surface area contributed by atoms with Crippen LogP contribution in [0.15, 0.2) is 23.7 Å². The lowest BCUT2D eigenvalue weighted by Gasteiger charge is -2.15. The topological polar surface area (TPSA) is 54.9 Å². The van der Waals surface area contributed by atoms with E-state index in [4.69, 9.17) is 11.6 Å². The molecule has 2 aromatic heterocycles. The van der Waals surface area contributed by atoms with Crippen molar-refractivity contribution >= 4 is 28.8 Å². The highest BCUT2D eigenvalue weighted by atomic mass is 35.5. The monoisotopic (exact) mass is 323 g/mol. The molecule has 0 aromatic carbocycles. The van der Waals surface area contributed by atoms with E-state index in [1.807, 2.05) is 12.3 Å². The highest BCUT2D eigenvalue weighted by Crippen LogP contribution is 2.20. The van der Waals surface area contributed by atoms with Gasteiger partial charge in [-0.1, -0.05) is 31.9 Å². The second-order valence-electron chi connectivity index (χ2n) is 4.72. The number of pyridine rings is 1. The van der Waals surface area contributed by atoms with Gasteiger partial charge < -0.3 is 5.32 Å². The molecule has 1 N–H and O–H groups in total. The summed E-state index contributed by atoms with van der Waals surface area (Å²) in [6.07, 6.45) is 4.31. The molecule has 0 bridgehead atoms. The molecule has 1 amide bonds. The third-order valence-corrected chi connectivity index (χ3v) is 4.16. The maximum atomic E-state index is 12.4. The SMILES string of the molecule is CCCc1cc(C(=O)NC(CC)c2nccs2)cc(Cl)n1. The van der Waals surface area contributed by atoms with Gasteiger partial charge in [0.1, 0.15) is 10.2 Å². The number of thiazole rings is 1. The normalized spacial score (nSPS) is 12.1. The van der Waals surface area contributed by atoms with Gasteiger partial charge in [-0.25, -0.2) is 9.97 Å². The van der Waals surface area contributed by atoms with E-state index in [1.54, 1.807) is 29.7 Å². The summed E-state index contributed by atoms with van der Waals surface area (Å²) >= 11 is 7.54. The van der Waals surface area contributed by atoms with Crippen LogP contribution in [-0.2, 0) is 6.42 Å². The minimum atomic E-state index is -0.140. The number of aryl methyl sites for hydroxylation is 1. The van der Waals surface area contributed by atoms with Gasteiger partial charge in [0.2, 0.25) is 0 Å². The number of nitrogens with one attached hydrogen (secondary N) is 1. The Morgan fingerprint density at radius 1 is 1.43 bits per heavy atom. The van der Waals surface area contributed by atoms with Crippen molar-refractivity contribution in [2.75, 3.05) is 0 Å². The Hall–Kier alpha value is -1.46. The highest BCUT2D eigenvalue weighted by Gasteiger charge is 2.17.